The molecular formula is C15H24O. The second-order valence-electron chi connectivity index (χ2n) is 5.57. The molecule has 0 heterocycles. The first-order chi connectivity index (χ1) is 7.72. The van der Waals surface area contributed by atoms with Crippen LogP contribution in [0.4, 0.5) is 0 Å². The number of ketones is 1. The van der Waals surface area contributed by atoms with Gasteiger partial charge >= 0.3 is 0 Å². The summed E-state index contributed by atoms with van der Waals surface area (Å²) < 4.78 is 0. The van der Waals surface area contributed by atoms with Crippen LogP contribution in [0.25, 0.3) is 0 Å². The Morgan fingerprint density at radius 2 is 1.62 bits per heavy atom. The quantitative estimate of drug-likeness (QED) is 0.595. The van der Waals surface area contributed by atoms with Crippen LogP contribution in [0.3, 0.4) is 0 Å². The lowest BCUT2D eigenvalue weighted by Gasteiger charge is -2.20. The molecule has 0 aromatic rings. The Balaban J connectivity index is 2.14. The van der Waals surface area contributed by atoms with E-state index in [-0.39, 0.29) is 5.92 Å². The van der Waals surface area contributed by atoms with E-state index < -0.39 is 0 Å². The number of fused-ring (bicyclic) bond motifs is 1. The summed E-state index contributed by atoms with van der Waals surface area (Å²) in [7, 11) is 0. The average molecular weight is 220 g/mol. The van der Waals surface area contributed by atoms with Crippen molar-refractivity contribution in [2.45, 2.75) is 65.2 Å². The third kappa shape index (κ3) is 2.23. The van der Waals surface area contributed by atoms with E-state index in [1.165, 1.54) is 56.9 Å². The van der Waals surface area contributed by atoms with Crippen LogP contribution in [-0.2, 0) is 4.79 Å². The van der Waals surface area contributed by atoms with Crippen LogP contribution >= 0.6 is 0 Å². The van der Waals surface area contributed by atoms with Gasteiger partial charge in [0.05, 0.1) is 0 Å². The van der Waals surface area contributed by atoms with Gasteiger partial charge in [-0.1, -0.05) is 44.6 Å². The first-order valence-corrected chi connectivity index (χ1v) is 6.95. The number of Topliss-reactive ketones (excluding diaryl/α,β-unsaturated/α-hetero) is 1. The lowest BCUT2D eigenvalue weighted by molar-refractivity contribution is -0.118. The number of hydrogen-bond donors (Lipinski definition) is 0. The lowest BCUT2D eigenvalue weighted by atomic mass is 9.84. The van der Waals surface area contributed by atoms with Crippen LogP contribution in [0.5, 0.6) is 0 Å². The molecule has 16 heavy (non-hydrogen) atoms. The molecule has 1 heteroatoms. The van der Waals surface area contributed by atoms with Crippen LogP contribution in [0.1, 0.15) is 65.2 Å². The number of allylic oxidation sites excluding steroid dienone is 2. The highest BCUT2D eigenvalue weighted by Crippen LogP contribution is 2.40. The van der Waals surface area contributed by atoms with Crippen LogP contribution < -0.4 is 0 Å². The lowest BCUT2D eigenvalue weighted by Crippen LogP contribution is -2.14. The summed E-state index contributed by atoms with van der Waals surface area (Å²) in [6, 6.07) is 0. The topological polar surface area (TPSA) is 17.1 Å². The molecule has 90 valence electrons. The van der Waals surface area contributed by atoms with Crippen LogP contribution in [0.15, 0.2) is 11.1 Å². The molecule has 2 aliphatic rings. The van der Waals surface area contributed by atoms with Crippen molar-refractivity contribution >= 4 is 5.78 Å². The van der Waals surface area contributed by atoms with Gasteiger partial charge in [-0.25, -0.2) is 0 Å². The molecule has 1 nitrogen and oxygen atoms in total. The van der Waals surface area contributed by atoms with Gasteiger partial charge in [-0.3, -0.25) is 4.79 Å². The number of hydrogen-bond acceptors (Lipinski definition) is 1. The molecule has 0 aliphatic heterocycles. The van der Waals surface area contributed by atoms with Crippen molar-refractivity contribution in [2.24, 2.45) is 11.8 Å². The van der Waals surface area contributed by atoms with Gasteiger partial charge < -0.3 is 0 Å². The Labute approximate surface area is 99.3 Å². The predicted octanol–water partition coefficient (Wildman–Crippen LogP) is 4.27. The van der Waals surface area contributed by atoms with Crippen molar-refractivity contribution in [1.29, 1.82) is 0 Å². The van der Waals surface area contributed by atoms with Gasteiger partial charge in [0.2, 0.25) is 0 Å². The fraction of sp³-hybridized carbons (Fsp3) is 0.800. The summed E-state index contributed by atoms with van der Waals surface area (Å²) >= 11 is 0. The molecule has 0 bridgehead atoms. The maximum Gasteiger partial charge on any atom is 0.161 e. The molecular weight excluding hydrogens is 196 g/mol. The summed E-state index contributed by atoms with van der Waals surface area (Å²) in [6.45, 7) is 4.19. The highest BCUT2D eigenvalue weighted by Gasteiger charge is 2.35. The number of rotatable bonds is 0. The average Bonchev–Trinajstić information content (AvgIpc) is 2.50. The Hall–Kier alpha value is -0.590. The summed E-state index contributed by atoms with van der Waals surface area (Å²) in [4.78, 5) is 12.0. The maximum atomic E-state index is 12.0. The molecule has 0 aromatic carbocycles. The van der Waals surface area contributed by atoms with E-state index in [9.17, 15) is 4.79 Å². The first-order valence-electron chi connectivity index (χ1n) is 6.95. The van der Waals surface area contributed by atoms with E-state index in [1.54, 1.807) is 0 Å². The van der Waals surface area contributed by atoms with Crippen molar-refractivity contribution < 1.29 is 4.79 Å². The minimum Gasteiger partial charge on any atom is -0.294 e. The normalized spacial score (nSPS) is 32.8. The van der Waals surface area contributed by atoms with Crippen molar-refractivity contribution in [1.82, 2.24) is 0 Å². The minimum absolute atomic E-state index is 0.273. The zero-order valence-corrected chi connectivity index (χ0v) is 10.7. The molecule has 2 aliphatic carbocycles. The number of carbonyl (C=O) groups excluding carboxylic acids is 1. The molecule has 1 saturated carbocycles. The van der Waals surface area contributed by atoms with Crippen molar-refractivity contribution in [2.75, 3.05) is 0 Å². The zero-order chi connectivity index (χ0) is 11.5. The van der Waals surface area contributed by atoms with Crippen molar-refractivity contribution in [3.8, 4) is 0 Å². The predicted molar refractivity (Wildman–Crippen MR) is 67.3 cm³/mol. The van der Waals surface area contributed by atoms with Gasteiger partial charge in [0.25, 0.3) is 0 Å². The third-order valence-corrected chi connectivity index (χ3v) is 4.53. The molecule has 2 unspecified atom stereocenters. The zero-order valence-electron chi connectivity index (χ0n) is 10.7. The molecule has 2 rings (SSSR count). The molecule has 1 fully saturated rings. The van der Waals surface area contributed by atoms with E-state index in [0.29, 0.717) is 11.7 Å². The van der Waals surface area contributed by atoms with Crippen molar-refractivity contribution in [3.63, 3.8) is 0 Å². The van der Waals surface area contributed by atoms with Gasteiger partial charge in [-0.2, -0.15) is 0 Å². The smallest absolute Gasteiger partial charge is 0.161 e. The van der Waals surface area contributed by atoms with Gasteiger partial charge in [0, 0.05) is 5.92 Å². The fourth-order valence-corrected chi connectivity index (χ4v) is 3.45. The van der Waals surface area contributed by atoms with Crippen LogP contribution in [0.2, 0.25) is 0 Å². The maximum absolute atomic E-state index is 12.0. The molecule has 0 aromatic heterocycles. The Kier molecular flexibility index (Phi) is 3.83. The van der Waals surface area contributed by atoms with E-state index in [1.807, 2.05) is 0 Å². The summed E-state index contributed by atoms with van der Waals surface area (Å²) in [5, 5.41) is 0. The summed E-state index contributed by atoms with van der Waals surface area (Å²) in [6.07, 6.45) is 10.6. The highest BCUT2D eigenvalue weighted by molar-refractivity contribution is 6.00. The monoisotopic (exact) mass is 220 g/mol. The molecule has 0 saturated heterocycles. The standard InChI is InChI=1S/C15H24O/c1-11-13-9-7-5-3-4-6-8-10-14(13)12(2)15(11)16/h11,13H,3-10H2,1-2H3. The second kappa shape index (κ2) is 5.16. The van der Waals surface area contributed by atoms with E-state index in [2.05, 4.69) is 13.8 Å². The van der Waals surface area contributed by atoms with Crippen LogP contribution in [-0.4, -0.2) is 5.78 Å². The van der Waals surface area contributed by atoms with E-state index in [4.69, 9.17) is 0 Å². The van der Waals surface area contributed by atoms with E-state index in [0.717, 1.165) is 5.57 Å². The molecule has 0 amide bonds. The summed E-state index contributed by atoms with van der Waals surface area (Å²) in [5.74, 6) is 1.29. The Morgan fingerprint density at radius 1 is 1.00 bits per heavy atom. The Bertz CT molecular complexity index is 301. The largest absolute Gasteiger partial charge is 0.294 e. The summed E-state index contributed by atoms with van der Waals surface area (Å²) in [5.41, 5.74) is 2.62. The number of carbonyl (C=O) groups is 1. The van der Waals surface area contributed by atoms with E-state index >= 15 is 0 Å². The van der Waals surface area contributed by atoms with Crippen LogP contribution in [0, 0.1) is 11.8 Å². The van der Waals surface area contributed by atoms with Crippen molar-refractivity contribution in [3.05, 3.63) is 11.1 Å². The molecule has 0 radical (unpaired) electrons. The first kappa shape index (κ1) is 11.9. The fourth-order valence-electron chi connectivity index (χ4n) is 3.45. The SMILES string of the molecule is CC1=C2CCCCCCCCC2C(C)C1=O. The van der Waals surface area contributed by atoms with Gasteiger partial charge in [-0.15, -0.1) is 0 Å². The van der Waals surface area contributed by atoms with Gasteiger partial charge in [0.1, 0.15) is 0 Å². The second-order valence-corrected chi connectivity index (χ2v) is 5.57. The molecule has 0 N–H and O–H groups in total. The third-order valence-electron chi connectivity index (χ3n) is 4.53. The molecule has 0 spiro atoms. The molecule has 2 atom stereocenters. The minimum atomic E-state index is 0.273. The van der Waals surface area contributed by atoms with Gasteiger partial charge in [-0.05, 0) is 37.7 Å². The van der Waals surface area contributed by atoms with Gasteiger partial charge in [0.15, 0.2) is 5.78 Å². The highest BCUT2D eigenvalue weighted by atomic mass is 16.1. The Morgan fingerprint density at radius 3 is 2.38 bits per heavy atom.